The Morgan fingerprint density at radius 1 is 0.878 bits per heavy atom. The van der Waals surface area contributed by atoms with Crippen LogP contribution in [0.4, 0.5) is 0 Å². The van der Waals surface area contributed by atoms with Crippen molar-refractivity contribution < 1.29 is 30.7 Å². The highest BCUT2D eigenvalue weighted by molar-refractivity contribution is 8.01. The summed E-state index contributed by atoms with van der Waals surface area (Å²) in [7, 11) is -8.44. The number of hydrogen-bond acceptors (Lipinski definition) is 13. The van der Waals surface area contributed by atoms with Crippen molar-refractivity contribution in [3.8, 4) is 0 Å². The van der Waals surface area contributed by atoms with E-state index >= 15 is 0 Å². The number of rotatable bonds is 16. The number of halogens is 2. The highest BCUT2D eigenvalue weighted by atomic mass is 35.5. The van der Waals surface area contributed by atoms with Gasteiger partial charge in [0, 0.05) is 29.5 Å². The lowest BCUT2D eigenvalue weighted by Crippen LogP contribution is -2.35. The van der Waals surface area contributed by atoms with Gasteiger partial charge in [0.15, 0.2) is 0 Å². The molecule has 2 heterocycles. The number of alkyl halides is 2. The van der Waals surface area contributed by atoms with Gasteiger partial charge in [0.2, 0.25) is 0 Å². The zero-order valence-electron chi connectivity index (χ0n) is 21.4. The van der Waals surface area contributed by atoms with E-state index in [4.69, 9.17) is 23.2 Å². The second kappa shape index (κ2) is 16.6. The number of thioether (sulfide) groups is 4. The van der Waals surface area contributed by atoms with Crippen molar-refractivity contribution in [1.82, 2.24) is 19.9 Å². The van der Waals surface area contributed by atoms with Crippen LogP contribution in [0, 0.1) is 11.8 Å². The normalized spacial score (nSPS) is 19.7. The predicted molar refractivity (Wildman–Crippen MR) is 166 cm³/mol. The number of carbonyl (C=O) groups is 1. The Morgan fingerprint density at radius 3 is 2.07 bits per heavy atom. The Hall–Kier alpha value is -0.370. The van der Waals surface area contributed by atoms with Crippen molar-refractivity contribution in [2.75, 3.05) is 33.4 Å². The molecule has 0 amide bonds. The SMILES string of the molecule is O=C1C(C(SCCS(=O)(=O)O)c2cc(SCCl)ncn2)CCCC1C(SCCS(=O)(=O)O)c1nccc(SCCl)n1. The molecule has 1 fully saturated rings. The van der Waals surface area contributed by atoms with E-state index in [2.05, 4.69) is 19.9 Å². The van der Waals surface area contributed by atoms with Gasteiger partial charge < -0.3 is 0 Å². The molecule has 4 unspecified atom stereocenters. The van der Waals surface area contributed by atoms with E-state index < -0.39 is 54.1 Å². The molecule has 0 radical (unpaired) electrons. The first kappa shape index (κ1) is 35.1. The summed E-state index contributed by atoms with van der Waals surface area (Å²) in [4.78, 5) is 31.7. The van der Waals surface area contributed by atoms with E-state index in [9.17, 15) is 30.7 Å². The molecule has 2 N–H and O–H groups in total. The van der Waals surface area contributed by atoms with Crippen molar-refractivity contribution in [3.05, 3.63) is 36.2 Å². The Bertz CT molecular complexity index is 1290. The molecule has 0 aliphatic heterocycles. The average Bonchev–Trinajstić information content (AvgIpc) is 2.89. The smallest absolute Gasteiger partial charge is 0.265 e. The molecule has 2 aromatic heterocycles. The Kier molecular flexibility index (Phi) is 14.2. The van der Waals surface area contributed by atoms with Gasteiger partial charge in [-0.2, -0.15) is 28.6 Å². The van der Waals surface area contributed by atoms with Gasteiger partial charge in [-0.05, 0) is 25.0 Å². The van der Waals surface area contributed by atoms with Crippen LogP contribution >= 0.6 is 70.2 Å². The molecule has 19 heteroatoms. The first-order valence-electron chi connectivity index (χ1n) is 12.1. The molecule has 41 heavy (non-hydrogen) atoms. The Labute approximate surface area is 266 Å². The van der Waals surface area contributed by atoms with E-state index in [-0.39, 0.29) is 27.7 Å². The minimum absolute atomic E-state index is 0.0195. The predicted octanol–water partition coefficient (Wildman–Crippen LogP) is 4.85. The Balaban J connectivity index is 1.96. The van der Waals surface area contributed by atoms with E-state index in [1.807, 2.05) is 0 Å². The third-order valence-electron chi connectivity index (χ3n) is 6.03. The third kappa shape index (κ3) is 11.6. The first-order chi connectivity index (χ1) is 19.4. The van der Waals surface area contributed by atoms with Gasteiger partial charge in [0.25, 0.3) is 20.2 Å². The van der Waals surface area contributed by atoms with Crippen LogP contribution in [0.2, 0.25) is 0 Å². The van der Waals surface area contributed by atoms with E-state index in [1.54, 1.807) is 18.3 Å². The second-order valence-corrected chi connectivity index (χ2v) is 17.5. The second-order valence-electron chi connectivity index (χ2n) is 8.74. The summed E-state index contributed by atoms with van der Waals surface area (Å²) in [6, 6.07) is 3.42. The molecule has 0 spiro atoms. The molecule has 4 atom stereocenters. The zero-order chi connectivity index (χ0) is 30.0. The minimum Gasteiger partial charge on any atom is -0.299 e. The molecule has 0 aromatic carbocycles. The van der Waals surface area contributed by atoms with Gasteiger partial charge in [0.1, 0.15) is 28.0 Å². The average molecular weight is 724 g/mol. The number of ketones is 1. The molecule has 228 valence electrons. The maximum atomic E-state index is 14.2. The van der Waals surface area contributed by atoms with Gasteiger partial charge >= 0.3 is 0 Å². The lowest BCUT2D eigenvalue weighted by molar-refractivity contribution is -0.129. The third-order valence-corrected chi connectivity index (χ3v) is 12.6. The fraction of sp³-hybridized carbons (Fsp3) is 0.591. The highest BCUT2D eigenvalue weighted by Crippen LogP contribution is 2.48. The fourth-order valence-electron chi connectivity index (χ4n) is 4.33. The van der Waals surface area contributed by atoms with Gasteiger partial charge in [0.05, 0.1) is 38.1 Å². The van der Waals surface area contributed by atoms with Crippen LogP contribution in [0.5, 0.6) is 0 Å². The summed E-state index contributed by atoms with van der Waals surface area (Å²) >= 11 is 16.7. The van der Waals surface area contributed by atoms with Crippen molar-refractivity contribution in [3.63, 3.8) is 0 Å². The number of Topliss-reactive ketones (excluding diaryl/α,β-unsaturated/α-hetero) is 1. The van der Waals surface area contributed by atoms with Crippen LogP contribution in [0.3, 0.4) is 0 Å². The molecule has 1 aliphatic rings. The molecule has 3 rings (SSSR count). The van der Waals surface area contributed by atoms with Crippen molar-refractivity contribution in [2.45, 2.75) is 39.8 Å². The lowest BCUT2D eigenvalue weighted by Gasteiger charge is -2.36. The number of carbonyl (C=O) groups excluding carboxylic acids is 1. The van der Waals surface area contributed by atoms with Gasteiger partial charge in [-0.25, -0.2) is 19.9 Å². The molecular weight excluding hydrogens is 696 g/mol. The number of hydrogen-bond donors (Lipinski definition) is 2. The summed E-state index contributed by atoms with van der Waals surface area (Å²) < 4.78 is 64.2. The molecule has 11 nitrogen and oxygen atoms in total. The molecule has 0 bridgehead atoms. The van der Waals surface area contributed by atoms with Gasteiger partial charge in [-0.1, -0.05) is 29.9 Å². The van der Waals surface area contributed by atoms with Crippen LogP contribution in [0.1, 0.15) is 41.3 Å². The topological polar surface area (TPSA) is 177 Å². The summed E-state index contributed by atoms with van der Waals surface area (Å²) in [6.07, 6.45) is 4.62. The van der Waals surface area contributed by atoms with Crippen LogP contribution in [0.15, 0.2) is 34.7 Å². The van der Waals surface area contributed by atoms with Crippen LogP contribution < -0.4 is 0 Å². The van der Waals surface area contributed by atoms with Crippen LogP contribution in [-0.2, 0) is 25.0 Å². The van der Waals surface area contributed by atoms with Crippen LogP contribution in [-0.4, -0.2) is 85.1 Å². The van der Waals surface area contributed by atoms with Crippen molar-refractivity contribution in [2.24, 2.45) is 11.8 Å². The maximum Gasteiger partial charge on any atom is 0.265 e. The van der Waals surface area contributed by atoms with E-state index in [0.717, 1.165) is 0 Å². The monoisotopic (exact) mass is 722 g/mol. The van der Waals surface area contributed by atoms with Crippen LogP contribution in [0.25, 0.3) is 0 Å². The number of aromatic nitrogens is 4. The standard InChI is InChI=1S/C22H28Cl2N4O7S6/c23-11-38-17-4-5-25-22(28-17)21(37-7-9-41(33,34)35)15-3-1-2-14(19(15)29)20(36-6-8-40(30,31)32)16-10-18(39-12-24)27-13-26-16/h4-5,10,13-15,20-21H,1-3,6-9,11-12H2,(H,30,31,32)(H,33,34,35). The summed E-state index contributed by atoms with van der Waals surface area (Å²) in [5, 5.41) is 0.587. The summed E-state index contributed by atoms with van der Waals surface area (Å²) in [6.45, 7) is 0. The van der Waals surface area contributed by atoms with E-state index in [1.165, 1.54) is 53.4 Å². The lowest BCUT2D eigenvalue weighted by atomic mass is 9.76. The van der Waals surface area contributed by atoms with Gasteiger partial charge in [-0.3, -0.25) is 13.9 Å². The largest absolute Gasteiger partial charge is 0.299 e. The fourth-order valence-corrected chi connectivity index (χ4v) is 10.4. The quantitative estimate of drug-likeness (QED) is 0.104. The van der Waals surface area contributed by atoms with Gasteiger partial charge in [-0.15, -0.1) is 35.0 Å². The summed E-state index contributed by atoms with van der Waals surface area (Å²) in [5.41, 5.74) is 0.541. The molecule has 0 saturated heterocycles. The number of nitrogens with zero attached hydrogens (tertiary/aromatic N) is 4. The summed E-state index contributed by atoms with van der Waals surface area (Å²) in [5.74, 6) is -1.82. The zero-order valence-corrected chi connectivity index (χ0v) is 27.8. The Morgan fingerprint density at radius 2 is 1.46 bits per heavy atom. The molecule has 2 aromatic rings. The van der Waals surface area contributed by atoms with E-state index in [0.29, 0.717) is 40.8 Å². The molecular formula is C22H28Cl2N4O7S6. The molecule has 1 aliphatic carbocycles. The van der Waals surface area contributed by atoms with Crippen molar-refractivity contribution in [1.29, 1.82) is 0 Å². The maximum absolute atomic E-state index is 14.2. The first-order valence-corrected chi connectivity index (χ1v) is 20.5. The van der Waals surface area contributed by atoms with Crippen molar-refractivity contribution >= 4 is 96.3 Å². The molecule has 1 saturated carbocycles. The minimum atomic E-state index is -4.22. The highest BCUT2D eigenvalue weighted by Gasteiger charge is 2.42.